The number of hydrogen-bond donors (Lipinski definition) is 2. The largest absolute Gasteiger partial charge is 0.388 e. The van der Waals surface area contributed by atoms with Crippen molar-refractivity contribution in [2.75, 3.05) is 13.1 Å². The molecule has 1 aliphatic heterocycles. The summed E-state index contributed by atoms with van der Waals surface area (Å²) in [6.07, 6.45) is 2.18. The van der Waals surface area contributed by atoms with E-state index in [2.05, 4.69) is 11.4 Å². The predicted molar refractivity (Wildman–Crippen MR) is 82.4 cm³/mol. The van der Waals surface area contributed by atoms with Crippen molar-refractivity contribution in [1.29, 1.82) is 0 Å². The lowest BCUT2D eigenvalue weighted by Crippen LogP contribution is -2.49. The summed E-state index contributed by atoms with van der Waals surface area (Å²) in [5.41, 5.74) is 1.35. The molecule has 1 saturated heterocycles. The van der Waals surface area contributed by atoms with Gasteiger partial charge in [-0.15, -0.1) is 0 Å². The van der Waals surface area contributed by atoms with Crippen molar-refractivity contribution in [1.82, 2.24) is 10.2 Å². The number of aliphatic hydroxyl groups is 1. The second kappa shape index (κ2) is 6.12. The molecule has 6 heteroatoms. The third-order valence-corrected chi connectivity index (χ3v) is 4.57. The van der Waals surface area contributed by atoms with E-state index in [1.165, 1.54) is 5.56 Å². The highest BCUT2D eigenvalue weighted by Gasteiger charge is 2.34. The van der Waals surface area contributed by atoms with Gasteiger partial charge in [0.1, 0.15) is 6.54 Å². The van der Waals surface area contributed by atoms with Crippen LogP contribution in [0.25, 0.3) is 0 Å². The quantitative estimate of drug-likeness (QED) is 0.775. The van der Waals surface area contributed by atoms with Gasteiger partial charge in [-0.1, -0.05) is 24.3 Å². The van der Waals surface area contributed by atoms with Gasteiger partial charge in [0.05, 0.1) is 5.60 Å². The molecule has 0 aromatic heterocycles. The smallest absolute Gasteiger partial charge is 0.240 e. The standard InChI is InChI=1S/C17H20N2O4/c20-14(10-19-15(21)5-6-16(19)22)18-11-17(23)8-7-12-3-1-2-4-13(12)9-17/h1-4,23H,5-11H2,(H,18,20)/t17-/m1/s1. The van der Waals surface area contributed by atoms with Gasteiger partial charge in [0, 0.05) is 25.8 Å². The average molecular weight is 316 g/mol. The summed E-state index contributed by atoms with van der Waals surface area (Å²) >= 11 is 0. The maximum Gasteiger partial charge on any atom is 0.240 e. The zero-order valence-electron chi connectivity index (χ0n) is 12.9. The Morgan fingerprint density at radius 3 is 2.48 bits per heavy atom. The van der Waals surface area contributed by atoms with Crippen LogP contribution in [0.3, 0.4) is 0 Å². The van der Waals surface area contributed by atoms with E-state index in [0.29, 0.717) is 12.8 Å². The van der Waals surface area contributed by atoms with Crippen molar-refractivity contribution in [3.63, 3.8) is 0 Å². The summed E-state index contributed by atoms with van der Waals surface area (Å²) in [7, 11) is 0. The third-order valence-electron chi connectivity index (χ3n) is 4.57. The number of hydrogen-bond acceptors (Lipinski definition) is 4. The molecule has 1 aromatic rings. The summed E-state index contributed by atoms with van der Waals surface area (Å²) in [6.45, 7) is -0.138. The van der Waals surface area contributed by atoms with Crippen molar-refractivity contribution < 1.29 is 19.5 Å². The maximum atomic E-state index is 12.0. The van der Waals surface area contributed by atoms with Crippen molar-refractivity contribution in [3.05, 3.63) is 35.4 Å². The van der Waals surface area contributed by atoms with Gasteiger partial charge < -0.3 is 10.4 Å². The number of imide groups is 1. The number of carbonyl (C=O) groups excluding carboxylic acids is 3. The molecule has 0 spiro atoms. The Hall–Kier alpha value is -2.21. The minimum Gasteiger partial charge on any atom is -0.388 e. The highest BCUT2D eigenvalue weighted by molar-refractivity contribution is 6.04. The number of nitrogens with one attached hydrogen (secondary N) is 1. The van der Waals surface area contributed by atoms with E-state index in [0.717, 1.165) is 16.9 Å². The summed E-state index contributed by atoms with van der Waals surface area (Å²) in [5.74, 6) is -1.04. The Morgan fingerprint density at radius 2 is 1.78 bits per heavy atom. The highest BCUT2D eigenvalue weighted by atomic mass is 16.3. The maximum absolute atomic E-state index is 12.0. The van der Waals surface area contributed by atoms with Gasteiger partial charge >= 0.3 is 0 Å². The zero-order chi connectivity index (χ0) is 16.4. The van der Waals surface area contributed by atoms with Crippen molar-refractivity contribution >= 4 is 17.7 Å². The second-order valence-electron chi connectivity index (χ2n) is 6.32. The van der Waals surface area contributed by atoms with Crippen LogP contribution >= 0.6 is 0 Å². The Morgan fingerprint density at radius 1 is 1.13 bits per heavy atom. The van der Waals surface area contributed by atoms with E-state index in [1.807, 2.05) is 18.2 Å². The molecule has 0 saturated carbocycles. The molecule has 1 aromatic carbocycles. The molecule has 3 rings (SSSR count). The van der Waals surface area contributed by atoms with Crippen LogP contribution in [0.5, 0.6) is 0 Å². The third kappa shape index (κ3) is 3.42. The predicted octanol–water partition coefficient (Wildman–Crippen LogP) is 0.172. The van der Waals surface area contributed by atoms with E-state index in [4.69, 9.17) is 0 Å². The van der Waals surface area contributed by atoms with Crippen LogP contribution in [0.4, 0.5) is 0 Å². The van der Waals surface area contributed by atoms with E-state index in [9.17, 15) is 19.5 Å². The molecule has 122 valence electrons. The molecule has 2 N–H and O–H groups in total. The zero-order valence-corrected chi connectivity index (χ0v) is 12.9. The van der Waals surface area contributed by atoms with Crippen LogP contribution in [0.2, 0.25) is 0 Å². The fourth-order valence-corrected chi connectivity index (χ4v) is 3.20. The van der Waals surface area contributed by atoms with Crippen molar-refractivity contribution in [3.8, 4) is 0 Å². The van der Waals surface area contributed by atoms with E-state index in [-0.39, 0.29) is 37.7 Å². The molecular formula is C17H20N2O4. The Balaban J connectivity index is 1.55. The minimum atomic E-state index is -0.983. The van der Waals surface area contributed by atoms with Gasteiger partial charge in [0.2, 0.25) is 17.7 Å². The van der Waals surface area contributed by atoms with Gasteiger partial charge in [0.25, 0.3) is 0 Å². The van der Waals surface area contributed by atoms with Gasteiger partial charge in [-0.3, -0.25) is 19.3 Å². The molecule has 3 amide bonds. The molecule has 0 radical (unpaired) electrons. The van der Waals surface area contributed by atoms with Gasteiger partial charge in [-0.25, -0.2) is 0 Å². The number of nitrogens with zero attached hydrogens (tertiary/aromatic N) is 1. The molecule has 0 unspecified atom stereocenters. The topological polar surface area (TPSA) is 86.7 Å². The molecule has 23 heavy (non-hydrogen) atoms. The lowest BCUT2D eigenvalue weighted by Gasteiger charge is -2.33. The van der Waals surface area contributed by atoms with E-state index < -0.39 is 11.5 Å². The number of fused-ring (bicyclic) bond motifs is 1. The molecule has 6 nitrogen and oxygen atoms in total. The lowest BCUT2D eigenvalue weighted by molar-refractivity contribution is -0.142. The Labute approximate surface area is 134 Å². The van der Waals surface area contributed by atoms with Crippen LogP contribution in [-0.2, 0) is 27.2 Å². The summed E-state index contributed by atoms with van der Waals surface area (Å²) in [6, 6.07) is 7.96. The first-order chi connectivity index (χ1) is 11.0. The van der Waals surface area contributed by atoms with Crippen LogP contribution in [0.15, 0.2) is 24.3 Å². The summed E-state index contributed by atoms with van der Waals surface area (Å²) in [4.78, 5) is 35.9. The summed E-state index contributed by atoms with van der Waals surface area (Å²) < 4.78 is 0. The fourth-order valence-electron chi connectivity index (χ4n) is 3.20. The number of rotatable bonds is 4. The minimum absolute atomic E-state index is 0.121. The second-order valence-corrected chi connectivity index (χ2v) is 6.32. The molecular weight excluding hydrogens is 296 g/mol. The van der Waals surface area contributed by atoms with Crippen LogP contribution in [0, 0.1) is 0 Å². The van der Waals surface area contributed by atoms with Gasteiger partial charge in [-0.05, 0) is 24.0 Å². The van der Waals surface area contributed by atoms with Crippen LogP contribution < -0.4 is 5.32 Å². The Bertz CT molecular complexity index is 642. The number of carbonyl (C=O) groups is 3. The first-order valence-electron chi connectivity index (χ1n) is 7.86. The first kappa shape index (κ1) is 15.7. The fraction of sp³-hybridized carbons (Fsp3) is 0.471. The lowest BCUT2D eigenvalue weighted by atomic mass is 9.80. The normalized spacial score (nSPS) is 23.8. The SMILES string of the molecule is O=C(CN1C(=O)CCC1=O)NC[C@@]1(O)CCc2ccccc2C1. The molecule has 1 aliphatic carbocycles. The van der Waals surface area contributed by atoms with E-state index in [1.54, 1.807) is 0 Å². The Kier molecular flexibility index (Phi) is 4.17. The number of benzene rings is 1. The molecule has 1 fully saturated rings. The highest BCUT2D eigenvalue weighted by Crippen LogP contribution is 2.28. The average Bonchev–Trinajstić information content (AvgIpc) is 2.85. The van der Waals surface area contributed by atoms with Crippen molar-refractivity contribution in [2.45, 2.75) is 37.7 Å². The van der Waals surface area contributed by atoms with Crippen LogP contribution in [-0.4, -0.2) is 46.4 Å². The molecule has 1 heterocycles. The van der Waals surface area contributed by atoms with Gasteiger partial charge in [0.15, 0.2) is 0 Å². The van der Waals surface area contributed by atoms with E-state index >= 15 is 0 Å². The number of amides is 3. The molecule has 0 bridgehead atoms. The monoisotopic (exact) mass is 316 g/mol. The molecule has 1 atom stereocenters. The first-order valence-corrected chi connectivity index (χ1v) is 7.86. The summed E-state index contributed by atoms with van der Waals surface area (Å²) in [5, 5.41) is 13.3. The van der Waals surface area contributed by atoms with Gasteiger partial charge in [-0.2, -0.15) is 0 Å². The van der Waals surface area contributed by atoms with Crippen LogP contribution in [0.1, 0.15) is 30.4 Å². The molecule has 2 aliphatic rings. The number of aryl methyl sites for hydroxylation is 1. The van der Waals surface area contributed by atoms with Crippen molar-refractivity contribution in [2.24, 2.45) is 0 Å². The number of likely N-dealkylation sites (tertiary alicyclic amines) is 1.